The molecule has 8 nitrogen and oxygen atoms in total. The number of imidazole rings is 1. The van der Waals surface area contributed by atoms with Gasteiger partial charge in [0.25, 0.3) is 0 Å². The van der Waals surface area contributed by atoms with E-state index in [-0.39, 0.29) is 0 Å². The highest BCUT2D eigenvalue weighted by molar-refractivity contribution is 5.77. The van der Waals surface area contributed by atoms with E-state index in [2.05, 4.69) is 20.2 Å². The minimum absolute atomic E-state index is 0.418. The third-order valence-electron chi connectivity index (χ3n) is 2.86. The van der Waals surface area contributed by atoms with Crippen molar-refractivity contribution in [3.8, 4) is 0 Å². The van der Waals surface area contributed by atoms with Crippen molar-refractivity contribution in [2.45, 2.75) is 19.9 Å². The first-order valence-electron chi connectivity index (χ1n) is 5.63. The second-order valence-corrected chi connectivity index (χ2v) is 4.00. The van der Waals surface area contributed by atoms with E-state index < -0.39 is 0 Å². The first-order chi connectivity index (χ1) is 8.70. The van der Waals surface area contributed by atoms with Crippen LogP contribution in [-0.4, -0.2) is 29.5 Å². The Bertz CT molecular complexity index is 679. The van der Waals surface area contributed by atoms with Crippen molar-refractivity contribution in [2.75, 3.05) is 5.73 Å². The average molecular weight is 247 g/mol. The van der Waals surface area contributed by atoms with Gasteiger partial charge >= 0.3 is 0 Å². The van der Waals surface area contributed by atoms with Gasteiger partial charge in [-0.3, -0.25) is 9.25 Å². The summed E-state index contributed by atoms with van der Waals surface area (Å²) in [6.45, 7) is 2.46. The lowest BCUT2D eigenvalue weighted by molar-refractivity contribution is 0.408. The fourth-order valence-electron chi connectivity index (χ4n) is 2.06. The predicted octanol–water partition coefficient (Wildman–Crippen LogP) is 0.346. The summed E-state index contributed by atoms with van der Waals surface area (Å²) in [4.78, 5) is 8.34. The molecule has 0 fully saturated rings. The zero-order valence-electron chi connectivity index (χ0n) is 10.2. The number of anilines is 1. The minimum atomic E-state index is 0.418. The van der Waals surface area contributed by atoms with Crippen molar-refractivity contribution in [3.05, 3.63) is 17.9 Å². The fraction of sp³-hybridized carbons (Fsp3) is 0.400. The van der Waals surface area contributed by atoms with Gasteiger partial charge in [0.05, 0.1) is 12.2 Å². The van der Waals surface area contributed by atoms with E-state index in [1.165, 1.54) is 6.39 Å². The summed E-state index contributed by atoms with van der Waals surface area (Å²) in [6, 6.07) is 0. The maximum atomic E-state index is 5.93. The quantitative estimate of drug-likeness (QED) is 0.716. The number of aryl methyl sites for hydroxylation is 2. The first kappa shape index (κ1) is 10.8. The number of nitrogens with two attached hydrogens (primary N) is 1. The number of hydrogen-bond acceptors (Lipinski definition) is 6. The van der Waals surface area contributed by atoms with Gasteiger partial charge in [-0.15, -0.1) is 0 Å². The molecule has 3 aromatic heterocycles. The molecular weight excluding hydrogens is 234 g/mol. The van der Waals surface area contributed by atoms with E-state index in [0.717, 1.165) is 23.3 Å². The molecule has 0 amide bonds. The molecule has 0 aliphatic heterocycles. The van der Waals surface area contributed by atoms with Gasteiger partial charge in [0.15, 0.2) is 11.5 Å². The van der Waals surface area contributed by atoms with Crippen LogP contribution in [0, 0.1) is 0 Å². The van der Waals surface area contributed by atoms with E-state index in [1.54, 1.807) is 4.68 Å². The lowest BCUT2D eigenvalue weighted by Gasteiger charge is -2.02. The molecule has 0 aliphatic carbocycles. The molecule has 94 valence electrons. The Morgan fingerprint density at radius 2 is 2.28 bits per heavy atom. The molecule has 3 heterocycles. The van der Waals surface area contributed by atoms with Crippen molar-refractivity contribution in [3.63, 3.8) is 0 Å². The minimum Gasteiger partial charge on any atom is -0.369 e. The molecule has 0 unspecified atom stereocenters. The van der Waals surface area contributed by atoms with Gasteiger partial charge in [0, 0.05) is 7.05 Å². The van der Waals surface area contributed by atoms with E-state index in [1.807, 2.05) is 18.5 Å². The Morgan fingerprint density at radius 1 is 1.44 bits per heavy atom. The summed E-state index contributed by atoms with van der Waals surface area (Å²) in [5.74, 6) is 0.984. The SMILES string of the molecule is CCc1nn(C)c2c1nc(N)n2Cc1ncon1. The molecule has 8 heteroatoms. The molecule has 0 bridgehead atoms. The first-order valence-corrected chi connectivity index (χ1v) is 5.63. The smallest absolute Gasteiger partial charge is 0.213 e. The predicted molar refractivity (Wildman–Crippen MR) is 63.7 cm³/mol. The van der Waals surface area contributed by atoms with Crippen LogP contribution in [-0.2, 0) is 20.0 Å². The summed E-state index contributed by atoms with van der Waals surface area (Å²) < 4.78 is 8.31. The number of aromatic nitrogens is 6. The molecule has 0 aliphatic rings. The van der Waals surface area contributed by atoms with Crippen LogP contribution >= 0.6 is 0 Å². The highest BCUT2D eigenvalue weighted by atomic mass is 16.5. The standard InChI is InChI=1S/C10H13N7O/c1-3-6-8-9(16(2)14-6)17(10(11)13-8)4-7-12-5-18-15-7/h5H,3-4H2,1-2H3,(H2,11,13). The van der Waals surface area contributed by atoms with Gasteiger partial charge in [-0.05, 0) is 6.42 Å². The Hall–Kier alpha value is -2.38. The van der Waals surface area contributed by atoms with Gasteiger partial charge < -0.3 is 10.3 Å². The van der Waals surface area contributed by atoms with Crippen molar-refractivity contribution < 1.29 is 4.52 Å². The normalized spacial score (nSPS) is 11.4. The Balaban J connectivity index is 2.16. The largest absolute Gasteiger partial charge is 0.369 e. The maximum Gasteiger partial charge on any atom is 0.213 e. The highest BCUT2D eigenvalue weighted by Gasteiger charge is 2.17. The van der Waals surface area contributed by atoms with E-state index in [0.29, 0.717) is 18.3 Å². The van der Waals surface area contributed by atoms with Crippen LogP contribution in [0.2, 0.25) is 0 Å². The zero-order chi connectivity index (χ0) is 12.7. The van der Waals surface area contributed by atoms with Gasteiger partial charge in [-0.25, -0.2) is 4.98 Å². The van der Waals surface area contributed by atoms with Crippen LogP contribution in [0.4, 0.5) is 5.95 Å². The number of hydrogen-bond donors (Lipinski definition) is 1. The summed E-state index contributed by atoms with van der Waals surface area (Å²) in [7, 11) is 1.87. The molecule has 0 aromatic carbocycles. The Morgan fingerprint density at radius 3 is 2.94 bits per heavy atom. The van der Waals surface area contributed by atoms with Gasteiger partial charge in [0.1, 0.15) is 5.52 Å². The van der Waals surface area contributed by atoms with Crippen LogP contribution in [0.1, 0.15) is 18.4 Å². The second-order valence-electron chi connectivity index (χ2n) is 4.00. The van der Waals surface area contributed by atoms with Crippen molar-refractivity contribution >= 4 is 17.1 Å². The fourth-order valence-corrected chi connectivity index (χ4v) is 2.06. The summed E-state index contributed by atoms with van der Waals surface area (Å²) in [6.07, 6.45) is 2.11. The summed E-state index contributed by atoms with van der Waals surface area (Å²) in [5, 5.41) is 8.19. The summed E-state index contributed by atoms with van der Waals surface area (Å²) in [5.41, 5.74) is 8.57. The molecule has 3 rings (SSSR count). The molecule has 0 radical (unpaired) electrons. The number of fused-ring (bicyclic) bond motifs is 1. The molecule has 2 N–H and O–H groups in total. The van der Waals surface area contributed by atoms with Crippen LogP contribution < -0.4 is 5.73 Å². The Kier molecular flexibility index (Phi) is 2.29. The van der Waals surface area contributed by atoms with E-state index in [9.17, 15) is 0 Å². The lowest BCUT2D eigenvalue weighted by atomic mass is 10.3. The molecule has 18 heavy (non-hydrogen) atoms. The monoisotopic (exact) mass is 247 g/mol. The van der Waals surface area contributed by atoms with Crippen LogP contribution in [0.25, 0.3) is 11.2 Å². The van der Waals surface area contributed by atoms with Crippen molar-refractivity contribution in [2.24, 2.45) is 7.05 Å². The van der Waals surface area contributed by atoms with Crippen molar-refractivity contribution in [1.29, 1.82) is 0 Å². The number of nitrogens with zero attached hydrogens (tertiary/aromatic N) is 6. The third-order valence-corrected chi connectivity index (χ3v) is 2.86. The number of nitrogen functional groups attached to an aromatic ring is 1. The van der Waals surface area contributed by atoms with Gasteiger partial charge in [0.2, 0.25) is 12.3 Å². The molecule has 0 saturated carbocycles. The van der Waals surface area contributed by atoms with Crippen LogP contribution in [0.5, 0.6) is 0 Å². The topological polar surface area (TPSA) is 101 Å². The molecule has 3 aromatic rings. The second kappa shape index (κ2) is 3.83. The van der Waals surface area contributed by atoms with Crippen LogP contribution in [0.15, 0.2) is 10.9 Å². The molecule has 0 saturated heterocycles. The maximum absolute atomic E-state index is 5.93. The average Bonchev–Trinajstić information content (AvgIpc) is 3.01. The zero-order valence-corrected chi connectivity index (χ0v) is 10.2. The van der Waals surface area contributed by atoms with Crippen LogP contribution in [0.3, 0.4) is 0 Å². The van der Waals surface area contributed by atoms with Gasteiger partial charge in [-0.2, -0.15) is 10.1 Å². The van der Waals surface area contributed by atoms with Crippen molar-refractivity contribution in [1.82, 2.24) is 29.5 Å². The summed E-state index contributed by atoms with van der Waals surface area (Å²) >= 11 is 0. The lowest BCUT2D eigenvalue weighted by Crippen LogP contribution is -2.08. The van der Waals surface area contributed by atoms with E-state index in [4.69, 9.17) is 10.3 Å². The molecular formula is C10H13N7O. The van der Waals surface area contributed by atoms with E-state index >= 15 is 0 Å². The molecule has 0 spiro atoms. The highest BCUT2D eigenvalue weighted by Crippen LogP contribution is 2.21. The number of rotatable bonds is 3. The third kappa shape index (κ3) is 1.45. The van der Waals surface area contributed by atoms with Gasteiger partial charge in [-0.1, -0.05) is 12.1 Å². The molecule has 0 atom stereocenters. The Labute approximate surface area is 102 Å².